The maximum atomic E-state index is 13.0. The van der Waals surface area contributed by atoms with Gasteiger partial charge >= 0.3 is 0 Å². The molecule has 0 radical (unpaired) electrons. The summed E-state index contributed by atoms with van der Waals surface area (Å²) < 4.78 is 14.7. The van der Waals surface area contributed by atoms with Crippen LogP contribution in [0.2, 0.25) is 0 Å². The highest BCUT2D eigenvalue weighted by Gasteiger charge is 2.12. The molecule has 2 aromatic carbocycles. The maximum absolute atomic E-state index is 13.0. The van der Waals surface area contributed by atoms with Crippen LogP contribution < -0.4 is 10.6 Å². The third kappa shape index (κ3) is 5.46. The Labute approximate surface area is 185 Å². The monoisotopic (exact) mass is 432 g/mol. The molecule has 0 aliphatic heterocycles. The summed E-state index contributed by atoms with van der Waals surface area (Å²) in [6.07, 6.45) is 0.734. The van der Waals surface area contributed by atoms with E-state index in [0.717, 1.165) is 5.56 Å². The molecule has 2 aromatic heterocycles. The summed E-state index contributed by atoms with van der Waals surface area (Å²) in [6.45, 7) is 3.18. The van der Waals surface area contributed by atoms with Crippen LogP contribution in [0.3, 0.4) is 0 Å². The molecule has 0 fully saturated rings. The smallest absolute Gasteiger partial charge is 0.220 e. The van der Waals surface area contributed by atoms with Crippen LogP contribution in [0, 0.1) is 5.82 Å². The summed E-state index contributed by atoms with van der Waals surface area (Å²) >= 11 is 0. The van der Waals surface area contributed by atoms with E-state index < -0.39 is 0 Å². The van der Waals surface area contributed by atoms with Crippen LogP contribution in [0.4, 0.5) is 10.2 Å². The number of carbonyl (C=O) groups is 1. The number of anilines is 1. The molecule has 1 amide bonds. The fourth-order valence-electron chi connectivity index (χ4n) is 3.36. The average Bonchev–Trinajstić information content (AvgIpc) is 3.23. The average molecular weight is 433 g/mol. The molecule has 0 bridgehead atoms. The minimum absolute atomic E-state index is 0.0323. The van der Waals surface area contributed by atoms with E-state index in [2.05, 4.69) is 45.0 Å². The Morgan fingerprint density at radius 3 is 2.59 bits per heavy atom. The zero-order valence-electron chi connectivity index (χ0n) is 17.8. The van der Waals surface area contributed by atoms with E-state index >= 15 is 0 Å². The first-order chi connectivity index (χ1) is 15.6. The topological polar surface area (TPSA) is 84.2 Å². The molecule has 0 aliphatic rings. The molecule has 0 spiro atoms. The number of aromatic nitrogens is 4. The van der Waals surface area contributed by atoms with Crippen LogP contribution >= 0.6 is 0 Å². The van der Waals surface area contributed by atoms with E-state index in [1.165, 1.54) is 17.7 Å². The second kappa shape index (κ2) is 10.00. The molecule has 164 valence electrons. The van der Waals surface area contributed by atoms with Gasteiger partial charge in [0.2, 0.25) is 5.91 Å². The van der Waals surface area contributed by atoms with Crippen LogP contribution in [0.15, 0.2) is 66.7 Å². The van der Waals surface area contributed by atoms with Gasteiger partial charge in [-0.05, 0) is 41.3 Å². The lowest BCUT2D eigenvalue weighted by Crippen LogP contribution is -2.27. The lowest BCUT2D eigenvalue weighted by Gasteiger charge is -2.12. The van der Waals surface area contributed by atoms with Crippen molar-refractivity contribution in [3.8, 4) is 0 Å². The van der Waals surface area contributed by atoms with Gasteiger partial charge in [0.15, 0.2) is 11.5 Å². The number of nitrogens with zero attached hydrogens (tertiary/aromatic N) is 4. The number of hydrogen-bond acceptors (Lipinski definition) is 5. The molecule has 0 saturated heterocycles. The van der Waals surface area contributed by atoms with Gasteiger partial charge in [-0.25, -0.2) is 4.39 Å². The lowest BCUT2D eigenvalue weighted by molar-refractivity contribution is -0.121. The third-order valence-electron chi connectivity index (χ3n) is 5.26. The largest absolute Gasteiger partial charge is 0.365 e. The zero-order chi connectivity index (χ0) is 22.3. The van der Waals surface area contributed by atoms with Gasteiger partial charge in [-0.1, -0.05) is 49.4 Å². The highest BCUT2D eigenvalue weighted by Crippen LogP contribution is 2.14. The van der Waals surface area contributed by atoms with E-state index in [4.69, 9.17) is 0 Å². The van der Waals surface area contributed by atoms with Crippen molar-refractivity contribution in [2.24, 2.45) is 0 Å². The van der Waals surface area contributed by atoms with Gasteiger partial charge in [0.1, 0.15) is 11.6 Å². The van der Waals surface area contributed by atoms with Gasteiger partial charge in [-0.15, -0.1) is 15.3 Å². The maximum Gasteiger partial charge on any atom is 0.220 e. The fourth-order valence-corrected chi connectivity index (χ4v) is 3.36. The second-order valence-corrected chi connectivity index (χ2v) is 7.70. The molecular weight excluding hydrogens is 407 g/mol. The summed E-state index contributed by atoms with van der Waals surface area (Å²) in [5.74, 6) is 1.21. The summed E-state index contributed by atoms with van der Waals surface area (Å²) in [4.78, 5) is 12.3. The summed E-state index contributed by atoms with van der Waals surface area (Å²) in [7, 11) is 0. The number of benzene rings is 2. The van der Waals surface area contributed by atoms with Gasteiger partial charge in [-0.2, -0.15) is 4.52 Å². The zero-order valence-corrected chi connectivity index (χ0v) is 17.8. The number of rotatable bonds is 9. The minimum Gasteiger partial charge on any atom is -0.365 e. The van der Waals surface area contributed by atoms with Crippen molar-refractivity contribution in [2.75, 3.05) is 11.9 Å². The van der Waals surface area contributed by atoms with Crippen molar-refractivity contribution < 1.29 is 9.18 Å². The number of nitrogens with one attached hydrogen (secondary N) is 2. The molecule has 7 nitrogen and oxygen atoms in total. The van der Waals surface area contributed by atoms with E-state index in [9.17, 15) is 9.18 Å². The molecule has 4 aromatic rings. The van der Waals surface area contributed by atoms with E-state index in [1.54, 1.807) is 16.6 Å². The van der Waals surface area contributed by atoms with Crippen molar-refractivity contribution in [2.45, 2.75) is 32.2 Å². The van der Waals surface area contributed by atoms with Crippen LogP contribution in [0.1, 0.15) is 36.2 Å². The molecule has 0 aliphatic carbocycles. The Bertz CT molecular complexity index is 1180. The second-order valence-electron chi connectivity index (χ2n) is 7.70. The Balaban J connectivity index is 1.32. The van der Waals surface area contributed by atoms with Crippen molar-refractivity contribution in [1.29, 1.82) is 0 Å². The number of aryl methyl sites for hydroxylation is 1. The quantitative estimate of drug-likeness (QED) is 0.421. The number of amides is 1. The molecule has 32 heavy (non-hydrogen) atoms. The van der Waals surface area contributed by atoms with E-state index in [0.29, 0.717) is 43.2 Å². The van der Waals surface area contributed by atoms with Crippen LogP contribution in [0.5, 0.6) is 0 Å². The molecule has 2 N–H and O–H groups in total. The Hall–Kier alpha value is -3.81. The molecule has 8 heteroatoms. The molecule has 0 unspecified atom stereocenters. The predicted molar refractivity (Wildman–Crippen MR) is 121 cm³/mol. The first-order valence-corrected chi connectivity index (χ1v) is 10.6. The van der Waals surface area contributed by atoms with Gasteiger partial charge in [-0.3, -0.25) is 4.79 Å². The molecular formula is C24H25FN6O. The Morgan fingerprint density at radius 2 is 1.81 bits per heavy atom. The number of fused-ring (bicyclic) bond motifs is 1. The van der Waals surface area contributed by atoms with Gasteiger partial charge in [0.25, 0.3) is 0 Å². The summed E-state index contributed by atoms with van der Waals surface area (Å²) in [5, 5.41) is 19.0. The SMILES string of the molecule is C[C@H](CNC(=O)CCc1nnc2ccc(NCc3ccc(F)cc3)nn12)c1ccccc1. The van der Waals surface area contributed by atoms with Crippen molar-refractivity contribution >= 4 is 17.4 Å². The van der Waals surface area contributed by atoms with E-state index in [-0.39, 0.29) is 17.6 Å². The van der Waals surface area contributed by atoms with Crippen LogP contribution in [-0.2, 0) is 17.8 Å². The Kier molecular flexibility index (Phi) is 6.69. The van der Waals surface area contributed by atoms with Crippen LogP contribution in [0.25, 0.3) is 5.65 Å². The standard InChI is InChI=1S/C24H25FN6O/c1-17(19-5-3-2-4-6-19)15-27-24(32)14-13-23-29-28-22-12-11-21(30-31(22)23)26-16-18-7-9-20(25)10-8-18/h2-12,17H,13-16H2,1H3,(H,26,30)(H,27,32)/t17-/m1/s1. The molecule has 2 heterocycles. The van der Waals surface area contributed by atoms with Crippen molar-refractivity contribution in [3.63, 3.8) is 0 Å². The predicted octanol–water partition coefficient (Wildman–Crippen LogP) is 3.73. The van der Waals surface area contributed by atoms with Gasteiger partial charge in [0.05, 0.1) is 0 Å². The fraction of sp³-hybridized carbons (Fsp3) is 0.250. The normalized spacial score (nSPS) is 11.9. The van der Waals surface area contributed by atoms with E-state index in [1.807, 2.05) is 30.3 Å². The first-order valence-electron chi connectivity index (χ1n) is 10.6. The van der Waals surface area contributed by atoms with Crippen LogP contribution in [-0.4, -0.2) is 32.3 Å². The summed E-state index contributed by atoms with van der Waals surface area (Å²) in [6, 6.07) is 20.0. The third-order valence-corrected chi connectivity index (χ3v) is 5.26. The van der Waals surface area contributed by atoms with Crippen molar-refractivity contribution in [1.82, 2.24) is 25.1 Å². The highest BCUT2D eigenvalue weighted by atomic mass is 19.1. The Morgan fingerprint density at radius 1 is 1.03 bits per heavy atom. The van der Waals surface area contributed by atoms with Crippen molar-refractivity contribution in [3.05, 3.63) is 89.5 Å². The highest BCUT2D eigenvalue weighted by molar-refractivity contribution is 5.76. The lowest BCUT2D eigenvalue weighted by atomic mass is 10.0. The minimum atomic E-state index is -0.263. The van der Waals surface area contributed by atoms with Gasteiger partial charge in [0, 0.05) is 25.9 Å². The molecule has 1 atom stereocenters. The number of carbonyl (C=O) groups excluding carboxylic acids is 1. The molecule has 4 rings (SSSR count). The first kappa shape index (κ1) is 21.4. The number of halogens is 1. The number of hydrogen-bond donors (Lipinski definition) is 2. The summed E-state index contributed by atoms with van der Waals surface area (Å²) in [5.41, 5.74) is 2.75. The van der Waals surface area contributed by atoms with Gasteiger partial charge < -0.3 is 10.6 Å². The molecule has 0 saturated carbocycles.